The molecule has 3 heteroatoms. The first-order valence-corrected chi connectivity index (χ1v) is 5.58. The van der Waals surface area contributed by atoms with E-state index in [9.17, 15) is 5.11 Å². The van der Waals surface area contributed by atoms with Crippen molar-refractivity contribution in [3.8, 4) is 0 Å². The number of likely N-dealkylation sites (tertiary alicyclic amines) is 1. The van der Waals surface area contributed by atoms with Gasteiger partial charge in [-0.25, -0.2) is 0 Å². The summed E-state index contributed by atoms with van der Waals surface area (Å²) in [5, 5.41) is 9.54. The summed E-state index contributed by atoms with van der Waals surface area (Å²) in [6.07, 6.45) is 1.93. The standard InChI is InChI=1S/C11H24N2O/c1-9(12)11(2,3)8-13-6-4-5-10(14)7-13/h9-10,14H,4-8,12H2,1-3H3. The van der Waals surface area contributed by atoms with Crippen molar-refractivity contribution in [2.75, 3.05) is 19.6 Å². The van der Waals surface area contributed by atoms with E-state index in [1.54, 1.807) is 0 Å². The molecule has 0 amide bonds. The van der Waals surface area contributed by atoms with Gasteiger partial charge >= 0.3 is 0 Å². The molecule has 2 unspecified atom stereocenters. The Labute approximate surface area is 87.3 Å². The highest BCUT2D eigenvalue weighted by Crippen LogP contribution is 2.22. The number of aliphatic hydroxyl groups is 1. The summed E-state index contributed by atoms with van der Waals surface area (Å²) >= 11 is 0. The second kappa shape index (κ2) is 4.60. The average molecular weight is 200 g/mol. The van der Waals surface area contributed by atoms with Crippen LogP contribution < -0.4 is 5.73 Å². The van der Waals surface area contributed by atoms with Crippen LogP contribution in [0.4, 0.5) is 0 Å². The molecular weight excluding hydrogens is 176 g/mol. The summed E-state index contributed by atoms with van der Waals surface area (Å²) < 4.78 is 0. The zero-order chi connectivity index (χ0) is 10.8. The van der Waals surface area contributed by atoms with Crippen LogP contribution in [0.5, 0.6) is 0 Å². The SMILES string of the molecule is CC(N)C(C)(C)CN1CCCC(O)C1. The van der Waals surface area contributed by atoms with Crippen molar-refractivity contribution in [1.29, 1.82) is 0 Å². The molecule has 1 saturated heterocycles. The molecule has 84 valence electrons. The molecule has 0 radical (unpaired) electrons. The van der Waals surface area contributed by atoms with E-state index in [4.69, 9.17) is 5.73 Å². The average Bonchev–Trinajstić information content (AvgIpc) is 2.02. The van der Waals surface area contributed by atoms with Gasteiger partial charge in [0.2, 0.25) is 0 Å². The van der Waals surface area contributed by atoms with Gasteiger partial charge in [0.05, 0.1) is 6.10 Å². The number of rotatable bonds is 3. The van der Waals surface area contributed by atoms with Crippen molar-refractivity contribution in [3.05, 3.63) is 0 Å². The van der Waals surface area contributed by atoms with E-state index in [1.807, 2.05) is 0 Å². The Bertz CT molecular complexity index is 180. The van der Waals surface area contributed by atoms with Gasteiger partial charge in [-0.3, -0.25) is 0 Å². The van der Waals surface area contributed by atoms with Crippen LogP contribution in [0.2, 0.25) is 0 Å². The molecule has 1 fully saturated rings. The van der Waals surface area contributed by atoms with Gasteiger partial charge in [0.25, 0.3) is 0 Å². The second-order valence-electron chi connectivity index (χ2n) is 5.31. The van der Waals surface area contributed by atoms with Gasteiger partial charge in [-0.2, -0.15) is 0 Å². The first-order valence-electron chi connectivity index (χ1n) is 5.58. The zero-order valence-corrected chi connectivity index (χ0v) is 9.66. The van der Waals surface area contributed by atoms with E-state index in [0.717, 1.165) is 32.5 Å². The molecule has 0 aromatic heterocycles. The van der Waals surface area contributed by atoms with Crippen molar-refractivity contribution >= 4 is 0 Å². The third-order valence-corrected chi connectivity index (χ3v) is 3.34. The molecule has 0 saturated carbocycles. The highest BCUT2D eigenvalue weighted by atomic mass is 16.3. The molecule has 0 spiro atoms. The molecule has 0 aromatic carbocycles. The van der Waals surface area contributed by atoms with Crippen LogP contribution in [0.1, 0.15) is 33.6 Å². The lowest BCUT2D eigenvalue weighted by Gasteiger charge is -2.38. The largest absolute Gasteiger partial charge is 0.392 e. The molecule has 3 N–H and O–H groups in total. The Morgan fingerprint density at radius 2 is 2.21 bits per heavy atom. The molecule has 0 aliphatic carbocycles. The number of piperidine rings is 1. The molecule has 0 aromatic rings. The Hall–Kier alpha value is -0.120. The maximum absolute atomic E-state index is 9.54. The van der Waals surface area contributed by atoms with Crippen LogP contribution in [-0.2, 0) is 0 Å². The van der Waals surface area contributed by atoms with Gasteiger partial charge < -0.3 is 15.7 Å². The van der Waals surface area contributed by atoms with Crippen molar-refractivity contribution in [2.45, 2.75) is 45.8 Å². The van der Waals surface area contributed by atoms with Gasteiger partial charge in [0.15, 0.2) is 0 Å². The minimum absolute atomic E-state index is 0.132. The molecule has 3 nitrogen and oxygen atoms in total. The Kier molecular flexibility index (Phi) is 3.93. The smallest absolute Gasteiger partial charge is 0.0667 e. The number of hydrogen-bond donors (Lipinski definition) is 2. The molecule has 1 aliphatic heterocycles. The maximum Gasteiger partial charge on any atom is 0.0667 e. The van der Waals surface area contributed by atoms with Crippen molar-refractivity contribution in [1.82, 2.24) is 4.90 Å². The lowest BCUT2D eigenvalue weighted by Crippen LogP contribution is -2.48. The normalized spacial score (nSPS) is 27.6. The molecule has 2 atom stereocenters. The Morgan fingerprint density at radius 3 is 2.71 bits per heavy atom. The summed E-state index contributed by atoms with van der Waals surface area (Å²) in [5.41, 5.74) is 6.07. The van der Waals surface area contributed by atoms with Crippen LogP contribution in [0.15, 0.2) is 0 Å². The zero-order valence-electron chi connectivity index (χ0n) is 9.66. The first-order chi connectivity index (χ1) is 6.42. The molecule has 0 bridgehead atoms. The summed E-state index contributed by atoms with van der Waals surface area (Å²) in [6, 6.07) is 0.196. The van der Waals surface area contributed by atoms with Crippen LogP contribution in [0.25, 0.3) is 0 Å². The van der Waals surface area contributed by atoms with Crippen LogP contribution in [0.3, 0.4) is 0 Å². The topological polar surface area (TPSA) is 49.5 Å². The fraction of sp³-hybridized carbons (Fsp3) is 1.00. The fourth-order valence-electron chi connectivity index (χ4n) is 1.90. The Balaban J connectivity index is 2.43. The van der Waals surface area contributed by atoms with Gasteiger partial charge in [0, 0.05) is 19.1 Å². The lowest BCUT2D eigenvalue weighted by molar-refractivity contribution is 0.0461. The van der Waals surface area contributed by atoms with Crippen LogP contribution in [-0.4, -0.2) is 41.8 Å². The number of aliphatic hydroxyl groups excluding tert-OH is 1. The first kappa shape index (κ1) is 12.0. The minimum atomic E-state index is -0.132. The van der Waals surface area contributed by atoms with E-state index < -0.39 is 0 Å². The molecule has 1 rings (SSSR count). The van der Waals surface area contributed by atoms with E-state index in [1.165, 1.54) is 0 Å². The van der Waals surface area contributed by atoms with Gasteiger partial charge in [-0.15, -0.1) is 0 Å². The highest BCUT2D eigenvalue weighted by molar-refractivity contribution is 4.83. The lowest BCUT2D eigenvalue weighted by atomic mass is 9.85. The van der Waals surface area contributed by atoms with E-state index in [0.29, 0.717) is 0 Å². The molecular formula is C11H24N2O. The maximum atomic E-state index is 9.54. The summed E-state index contributed by atoms with van der Waals surface area (Å²) in [5.74, 6) is 0. The molecule has 1 aliphatic rings. The predicted molar refractivity (Wildman–Crippen MR) is 59.1 cm³/mol. The van der Waals surface area contributed by atoms with Crippen LogP contribution in [0, 0.1) is 5.41 Å². The number of hydrogen-bond acceptors (Lipinski definition) is 3. The van der Waals surface area contributed by atoms with Crippen molar-refractivity contribution < 1.29 is 5.11 Å². The van der Waals surface area contributed by atoms with Gasteiger partial charge in [0.1, 0.15) is 0 Å². The highest BCUT2D eigenvalue weighted by Gasteiger charge is 2.28. The number of β-amino-alcohol motifs (C(OH)–C–C–N with tert-alkyl or cyclic N) is 1. The number of nitrogens with zero attached hydrogens (tertiary/aromatic N) is 1. The third-order valence-electron chi connectivity index (χ3n) is 3.34. The molecule has 1 heterocycles. The summed E-state index contributed by atoms with van der Waals surface area (Å²) in [7, 11) is 0. The van der Waals surface area contributed by atoms with Gasteiger partial charge in [-0.05, 0) is 31.7 Å². The van der Waals surface area contributed by atoms with E-state index >= 15 is 0 Å². The summed E-state index contributed by atoms with van der Waals surface area (Å²) in [4.78, 5) is 2.33. The molecule has 14 heavy (non-hydrogen) atoms. The Morgan fingerprint density at radius 1 is 1.57 bits per heavy atom. The van der Waals surface area contributed by atoms with Crippen molar-refractivity contribution in [2.24, 2.45) is 11.1 Å². The summed E-state index contributed by atoms with van der Waals surface area (Å²) in [6.45, 7) is 9.35. The quantitative estimate of drug-likeness (QED) is 0.709. The monoisotopic (exact) mass is 200 g/mol. The van der Waals surface area contributed by atoms with E-state index in [-0.39, 0.29) is 17.6 Å². The van der Waals surface area contributed by atoms with Crippen molar-refractivity contribution in [3.63, 3.8) is 0 Å². The minimum Gasteiger partial charge on any atom is -0.392 e. The number of nitrogens with two attached hydrogens (primary N) is 1. The van der Waals surface area contributed by atoms with E-state index in [2.05, 4.69) is 25.7 Å². The van der Waals surface area contributed by atoms with Gasteiger partial charge in [-0.1, -0.05) is 13.8 Å². The fourth-order valence-corrected chi connectivity index (χ4v) is 1.90. The third kappa shape index (κ3) is 3.23. The predicted octanol–water partition coefficient (Wildman–Crippen LogP) is 0.816. The second-order valence-corrected chi connectivity index (χ2v) is 5.31. The van der Waals surface area contributed by atoms with Crippen LogP contribution >= 0.6 is 0 Å².